The van der Waals surface area contributed by atoms with E-state index in [1.165, 1.54) is 6.42 Å². The second kappa shape index (κ2) is 4.19. The Morgan fingerprint density at radius 3 is 2.87 bits per heavy atom. The number of ether oxygens (including phenoxy) is 1. The fourth-order valence-electron chi connectivity index (χ4n) is 1.86. The third kappa shape index (κ3) is 2.29. The molecule has 1 aliphatic carbocycles. The van der Waals surface area contributed by atoms with E-state index in [-0.39, 0.29) is 12.0 Å². The number of nitrogens with one attached hydrogen (secondary N) is 1. The summed E-state index contributed by atoms with van der Waals surface area (Å²) in [6.07, 6.45) is 4.87. The van der Waals surface area contributed by atoms with Crippen molar-refractivity contribution in [1.29, 1.82) is 5.26 Å². The number of carbonyl (C=O) groups excluding carboxylic acids is 1. The van der Waals surface area contributed by atoms with E-state index in [9.17, 15) is 4.79 Å². The Balaban J connectivity index is 1.73. The molecular formula is C11H16N2O2. The van der Waals surface area contributed by atoms with Crippen molar-refractivity contribution in [3.8, 4) is 6.07 Å². The highest BCUT2D eigenvalue weighted by Gasteiger charge is 2.50. The molecule has 1 aliphatic heterocycles. The van der Waals surface area contributed by atoms with Crippen LogP contribution in [0.5, 0.6) is 0 Å². The zero-order valence-electron chi connectivity index (χ0n) is 8.79. The van der Waals surface area contributed by atoms with Gasteiger partial charge in [-0.1, -0.05) is 0 Å². The number of carbonyl (C=O) groups is 1. The standard InChI is InChI=1S/C11H16N2O2/c12-8-11(4-5-11)10(14)13-7-9-3-1-2-6-15-9/h9H,1-7H2,(H,13,14). The van der Waals surface area contributed by atoms with Gasteiger partial charge in [-0.05, 0) is 32.1 Å². The van der Waals surface area contributed by atoms with Crippen molar-refractivity contribution in [3.63, 3.8) is 0 Å². The molecule has 4 heteroatoms. The monoisotopic (exact) mass is 208 g/mol. The van der Waals surface area contributed by atoms with Gasteiger partial charge in [-0.25, -0.2) is 0 Å². The predicted molar refractivity (Wildman–Crippen MR) is 53.9 cm³/mol. The van der Waals surface area contributed by atoms with Gasteiger partial charge in [-0.15, -0.1) is 0 Å². The second-order valence-corrected chi connectivity index (χ2v) is 4.39. The summed E-state index contributed by atoms with van der Waals surface area (Å²) in [7, 11) is 0. The van der Waals surface area contributed by atoms with Crippen LogP contribution in [0.2, 0.25) is 0 Å². The first-order valence-electron chi connectivity index (χ1n) is 5.58. The molecule has 0 spiro atoms. The number of nitriles is 1. The molecule has 82 valence electrons. The molecule has 2 rings (SSSR count). The summed E-state index contributed by atoms with van der Waals surface area (Å²) < 4.78 is 5.50. The Morgan fingerprint density at radius 1 is 1.53 bits per heavy atom. The second-order valence-electron chi connectivity index (χ2n) is 4.39. The van der Waals surface area contributed by atoms with Crippen LogP contribution in [0.3, 0.4) is 0 Å². The van der Waals surface area contributed by atoms with Gasteiger partial charge in [0.25, 0.3) is 0 Å². The maximum atomic E-state index is 11.6. The van der Waals surface area contributed by atoms with Gasteiger partial charge < -0.3 is 10.1 Å². The molecule has 4 nitrogen and oxygen atoms in total. The Hall–Kier alpha value is -1.08. The average molecular weight is 208 g/mol. The first-order chi connectivity index (χ1) is 7.27. The molecule has 15 heavy (non-hydrogen) atoms. The van der Waals surface area contributed by atoms with Gasteiger partial charge in [0, 0.05) is 13.2 Å². The lowest BCUT2D eigenvalue weighted by atomic mass is 10.1. The van der Waals surface area contributed by atoms with E-state index >= 15 is 0 Å². The number of hydrogen-bond donors (Lipinski definition) is 1. The molecular weight excluding hydrogens is 192 g/mol. The molecule has 0 bridgehead atoms. The summed E-state index contributed by atoms with van der Waals surface area (Å²) in [6.45, 7) is 1.35. The van der Waals surface area contributed by atoms with E-state index in [0.29, 0.717) is 19.4 Å². The Bertz CT molecular complexity index is 285. The largest absolute Gasteiger partial charge is 0.376 e. The van der Waals surface area contributed by atoms with Crippen molar-refractivity contribution in [3.05, 3.63) is 0 Å². The van der Waals surface area contributed by atoms with Gasteiger partial charge in [0.05, 0.1) is 12.2 Å². The van der Waals surface area contributed by atoms with Gasteiger partial charge in [0.2, 0.25) is 5.91 Å². The fraction of sp³-hybridized carbons (Fsp3) is 0.818. The fourth-order valence-corrected chi connectivity index (χ4v) is 1.86. The Kier molecular flexibility index (Phi) is 2.92. The van der Waals surface area contributed by atoms with Crippen LogP contribution in [-0.2, 0) is 9.53 Å². The van der Waals surface area contributed by atoms with Crippen LogP contribution in [0.4, 0.5) is 0 Å². The molecule has 0 aromatic heterocycles. The molecule has 2 fully saturated rings. The maximum Gasteiger partial charge on any atom is 0.240 e. The van der Waals surface area contributed by atoms with Crippen molar-refractivity contribution in [1.82, 2.24) is 5.32 Å². The van der Waals surface area contributed by atoms with Crippen molar-refractivity contribution < 1.29 is 9.53 Å². The zero-order chi connectivity index (χ0) is 10.7. The first kappa shape index (κ1) is 10.4. The lowest BCUT2D eigenvalue weighted by Gasteiger charge is -2.23. The molecule has 1 saturated carbocycles. The van der Waals surface area contributed by atoms with Crippen LogP contribution in [0.15, 0.2) is 0 Å². The first-order valence-corrected chi connectivity index (χ1v) is 5.58. The minimum Gasteiger partial charge on any atom is -0.376 e. The van der Waals surface area contributed by atoms with Gasteiger partial charge >= 0.3 is 0 Å². The van der Waals surface area contributed by atoms with E-state index < -0.39 is 5.41 Å². The molecule has 1 unspecified atom stereocenters. The third-order valence-corrected chi connectivity index (χ3v) is 3.16. The van der Waals surface area contributed by atoms with Crippen LogP contribution in [0.25, 0.3) is 0 Å². The van der Waals surface area contributed by atoms with E-state index in [2.05, 4.69) is 11.4 Å². The van der Waals surface area contributed by atoms with E-state index in [0.717, 1.165) is 19.4 Å². The molecule has 0 radical (unpaired) electrons. The molecule has 1 saturated heterocycles. The number of nitrogens with zero attached hydrogens (tertiary/aromatic N) is 1. The minimum atomic E-state index is -0.700. The highest BCUT2D eigenvalue weighted by molar-refractivity contribution is 5.88. The minimum absolute atomic E-state index is 0.112. The third-order valence-electron chi connectivity index (χ3n) is 3.16. The number of hydrogen-bond acceptors (Lipinski definition) is 3. The highest BCUT2D eigenvalue weighted by atomic mass is 16.5. The average Bonchev–Trinajstić information content (AvgIpc) is 3.08. The zero-order valence-corrected chi connectivity index (χ0v) is 8.79. The maximum absolute atomic E-state index is 11.6. The highest BCUT2D eigenvalue weighted by Crippen LogP contribution is 2.44. The summed E-state index contributed by atoms with van der Waals surface area (Å²) in [4.78, 5) is 11.6. The quantitative estimate of drug-likeness (QED) is 0.751. The number of rotatable bonds is 3. The van der Waals surface area contributed by atoms with Crippen LogP contribution in [0, 0.1) is 16.7 Å². The van der Waals surface area contributed by atoms with Crippen molar-refractivity contribution in [2.75, 3.05) is 13.2 Å². The Morgan fingerprint density at radius 2 is 2.33 bits per heavy atom. The summed E-state index contributed by atoms with van der Waals surface area (Å²) in [5.41, 5.74) is -0.700. The summed E-state index contributed by atoms with van der Waals surface area (Å²) in [5, 5.41) is 11.6. The lowest BCUT2D eigenvalue weighted by Crippen LogP contribution is -2.39. The van der Waals surface area contributed by atoms with Crippen LogP contribution >= 0.6 is 0 Å². The summed E-state index contributed by atoms with van der Waals surface area (Å²) >= 11 is 0. The number of amides is 1. The molecule has 2 aliphatic rings. The topological polar surface area (TPSA) is 62.1 Å². The van der Waals surface area contributed by atoms with E-state index in [1.54, 1.807) is 0 Å². The molecule has 1 atom stereocenters. The summed E-state index contributed by atoms with van der Waals surface area (Å²) in [5.74, 6) is -0.112. The Labute approximate surface area is 89.6 Å². The molecule has 1 heterocycles. The van der Waals surface area contributed by atoms with Gasteiger partial charge in [-0.3, -0.25) is 4.79 Å². The SMILES string of the molecule is N#CC1(C(=O)NCC2CCCCO2)CC1. The molecule has 1 N–H and O–H groups in total. The molecule has 0 aromatic carbocycles. The van der Waals surface area contributed by atoms with E-state index in [4.69, 9.17) is 10.00 Å². The van der Waals surface area contributed by atoms with Crippen molar-refractivity contribution >= 4 is 5.91 Å². The van der Waals surface area contributed by atoms with Crippen molar-refractivity contribution in [2.45, 2.75) is 38.2 Å². The van der Waals surface area contributed by atoms with Crippen LogP contribution in [0.1, 0.15) is 32.1 Å². The summed E-state index contributed by atoms with van der Waals surface area (Å²) in [6, 6.07) is 2.09. The van der Waals surface area contributed by atoms with Gasteiger partial charge in [-0.2, -0.15) is 5.26 Å². The normalized spacial score (nSPS) is 27.8. The van der Waals surface area contributed by atoms with Crippen molar-refractivity contribution in [2.24, 2.45) is 5.41 Å². The smallest absolute Gasteiger partial charge is 0.240 e. The van der Waals surface area contributed by atoms with Gasteiger partial charge in [0.15, 0.2) is 0 Å². The van der Waals surface area contributed by atoms with Crippen LogP contribution in [-0.4, -0.2) is 25.2 Å². The molecule has 1 amide bonds. The molecule has 0 aromatic rings. The van der Waals surface area contributed by atoms with Gasteiger partial charge in [0.1, 0.15) is 5.41 Å². The lowest BCUT2D eigenvalue weighted by molar-refractivity contribution is -0.125. The van der Waals surface area contributed by atoms with E-state index in [1.807, 2.05) is 0 Å². The predicted octanol–water partition coefficient (Wildman–Crippen LogP) is 0.975. The van der Waals surface area contributed by atoms with Crippen LogP contribution < -0.4 is 5.32 Å².